The number of allylic oxidation sites excluding steroid dienone is 3. The Morgan fingerprint density at radius 3 is 2.56 bits per heavy atom. The van der Waals surface area contributed by atoms with Gasteiger partial charge in [0.15, 0.2) is 0 Å². The van der Waals surface area contributed by atoms with Crippen molar-refractivity contribution in [2.45, 2.75) is 84.2 Å². The lowest BCUT2D eigenvalue weighted by atomic mass is 9.73. The van der Waals surface area contributed by atoms with E-state index in [0.29, 0.717) is 11.3 Å². The van der Waals surface area contributed by atoms with Crippen molar-refractivity contribution in [1.29, 1.82) is 0 Å². The Morgan fingerprint density at radius 1 is 1.24 bits per heavy atom. The van der Waals surface area contributed by atoms with Gasteiger partial charge < -0.3 is 19.6 Å². The quantitative estimate of drug-likeness (QED) is 0.122. The van der Waals surface area contributed by atoms with Gasteiger partial charge in [-0.1, -0.05) is 43.6 Å². The minimum atomic E-state index is -4.59. The Kier molecular flexibility index (Phi) is 8.80. The molecule has 0 amide bonds. The summed E-state index contributed by atoms with van der Waals surface area (Å²) < 4.78 is 21.6. The Bertz CT molecular complexity index is 987. The zero-order valence-corrected chi connectivity index (χ0v) is 21.2. The van der Waals surface area contributed by atoms with Crippen molar-refractivity contribution in [1.82, 2.24) is 0 Å². The number of hydrogen-bond acceptors (Lipinski definition) is 5. The highest BCUT2D eigenvalue weighted by Crippen LogP contribution is 2.48. The van der Waals surface area contributed by atoms with Crippen LogP contribution < -0.4 is 4.74 Å². The van der Waals surface area contributed by atoms with E-state index in [1.807, 2.05) is 13.0 Å². The molecule has 7 nitrogen and oxygen atoms in total. The number of rotatable bonds is 10. The Morgan fingerprint density at radius 2 is 1.94 bits per heavy atom. The summed E-state index contributed by atoms with van der Waals surface area (Å²) in [6.45, 7) is 10.3. The summed E-state index contributed by atoms with van der Waals surface area (Å²) in [6, 6.07) is 3.64. The van der Waals surface area contributed by atoms with Crippen LogP contribution >= 0.6 is 7.82 Å². The SMILES string of the molecule is C=C(C)[C@@H]1CCC(C)=C[C@H]1c1c(O)cc(CCCCC)cc1OC(=O)C1CC(OP(=O)(O)O)C1. The van der Waals surface area contributed by atoms with E-state index < -0.39 is 25.8 Å². The molecule has 1 aromatic rings. The molecule has 0 aromatic heterocycles. The maximum Gasteiger partial charge on any atom is 0.469 e. The molecule has 0 heterocycles. The molecule has 2 aliphatic rings. The lowest BCUT2D eigenvalue weighted by Crippen LogP contribution is -2.38. The van der Waals surface area contributed by atoms with Crippen molar-refractivity contribution >= 4 is 13.8 Å². The van der Waals surface area contributed by atoms with E-state index in [4.69, 9.17) is 14.5 Å². The molecule has 1 fully saturated rings. The molecule has 3 rings (SSSR count). The number of aryl methyl sites for hydroxylation is 1. The maximum absolute atomic E-state index is 12.9. The summed E-state index contributed by atoms with van der Waals surface area (Å²) >= 11 is 0. The minimum Gasteiger partial charge on any atom is -0.507 e. The molecule has 1 aromatic carbocycles. The highest BCUT2D eigenvalue weighted by Gasteiger charge is 2.41. The van der Waals surface area contributed by atoms with Gasteiger partial charge in [-0.3, -0.25) is 9.32 Å². The van der Waals surface area contributed by atoms with Crippen molar-refractivity contribution < 1.29 is 33.5 Å². The average molecular weight is 493 g/mol. The summed E-state index contributed by atoms with van der Waals surface area (Å²) in [5.74, 6) is -0.516. The number of phosphoric acid groups is 1. The second-order valence-corrected chi connectivity index (χ2v) is 11.0. The molecule has 188 valence electrons. The maximum atomic E-state index is 12.9. The normalized spacial score (nSPS) is 24.8. The number of carbonyl (C=O) groups excluding carboxylic acids is 1. The first-order valence-corrected chi connectivity index (χ1v) is 13.7. The predicted octanol–water partition coefficient (Wildman–Crippen LogP) is 5.93. The number of phenols is 1. The summed E-state index contributed by atoms with van der Waals surface area (Å²) in [5, 5.41) is 11.1. The van der Waals surface area contributed by atoms with Gasteiger partial charge in [-0.05, 0) is 76.0 Å². The zero-order valence-electron chi connectivity index (χ0n) is 20.3. The number of aromatic hydroxyl groups is 1. The number of benzene rings is 1. The molecule has 3 N–H and O–H groups in total. The van der Waals surface area contributed by atoms with Gasteiger partial charge >= 0.3 is 13.8 Å². The van der Waals surface area contributed by atoms with Crippen molar-refractivity contribution in [2.24, 2.45) is 11.8 Å². The lowest BCUT2D eigenvalue weighted by Gasteiger charge is -2.34. The Labute approximate surface area is 202 Å². The molecule has 34 heavy (non-hydrogen) atoms. The summed E-state index contributed by atoms with van der Waals surface area (Å²) in [7, 11) is -4.59. The molecule has 2 aliphatic carbocycles. The highest BCUT2D eigenvalue weighted by molar-refractivity contribution is 7.46. The predicted molar refractivity (Wildman–Crippen MR) is 131 cm³/mol. The third-order valence-electron chi connectivity index (χ3n) is 6.89. The van der Waals surface area contributed by atoms with Crippen LogP contribution in [0.5, 0.6) is 11.5 Å². The van der Waals surface area contributed by atoms with Gasteiger partial charge in [-0.15, -0.1) is 0 Å². The van der Waals surface area contributed by atoms with Crippen molar-refractivity contribution in [3.05, 3.63) is 47.1 Å². The number of hydrogen-bond donors (Lipinski definition) is 3. The van der Waals surface area contributed by atoms with Crippen molar-refractivity contribution in [3.8, 4) is 11.5 Å². The van der Waals surface area contributed by atoms with Crippen LogP contribution in [0.3, 0.4) is 0 Å². The fourth-order valence-electron chi connectivity index (χ4n) is 4.95. The first-order valence-electron chi connectivity index (χ1n) is 12.1. The molecule has 0 spiro atoms. The molecule has 8 heteroatoms. The molecule has 0 radical (unpaired) electrons. The van der Waals surface area contributed by atoms with Gasteiger partial charge in [0.05, 0.1) is 12.0 Å². The van der Waals surface area contributed by atoms with Crippen molar-refractivity contribution in [3.63, 3.8) is 0 Å². The van der Waals surface area contributed by atoms with Crippen molar-refractivity contribution in [2.75, 3.05) is 0 Å². The van der Waals surface area contributed by atoms with Gasteiger partial charge in [0.2, 0.25) is 0 Å². The Hall–Kier alpha value is -1.92. The molecule has 1 saturated carbocycles. The van der Waals surface area contributed by atoms with Gasteiger partial charge in [0.1, 0.15) is 11.5 Å². The van der Waals surface area contributed by atoms with Gasteiger partial charge in [0.25, 0.3) is 0 Å². The number of unbranched alkanes of at least 4 members (excludes halogenated alkanes) is 2. The van der Waals surface area contributed by atoms with Crippen LogP contribution in [0.25, 0.3) is 0 Å². The fraction of sp³-hybridized carbons (Fsp3) is 0.577. The summed E-state index contributed by atoms with van der Waals surface area (Å²) in [6.07, 6.45) is 7.64. The van der Waals surface area contributed by atoms with E-state index in [2.05, 4.69) is 31.0 Å². The second kappa shape index (κ2) is 11.2. The molecule has 0 aliphatic heterocycles. The molecular weight excluding hydrogens is 455 g/mol. The number of phenolic OH excluding ortho intramolecular Hbond substituents is 1. The summed E-state index contributed by atoms with van der Waals surface area (Å²) in [4.78, 5) is 30.9. The standard InChI is InChI=1S/C26H37O7P/c1-5-6-7-8-18-12-23(27)25(22-11-17(4)9-10-21(22)16(2)3)24(13-18)32-26(28)19-14-20(15-19)33-34(29,30)31/h11-13,19-22,27H,2,5-10,14-15H2,1,3-4H3,(H2,29,30,31)/t19?,20?,21-,22+/m0/s1. The van der Waals surface area contributed by atoms with E-state index in [9.17, 15) is 14.5 Å². The third-order valence-corrected chi connectivity index (χ3v) is 7.46. The van der Waals surface area contributed by atoms with E-state index in [-0.39, 0.29) is 30.4 Å². The first-order chi connectivity index (χ1) is 16.0. The third kappa shape index (κ3) is 6.82. The van der Waals surface area contributed by atoms with Crippen LogP contribution in [0.1, 0.15) is 82.8 Å². The van der Waals surface area contributed by atoms with Crippen LogP contribution in [0.2, 0.25) is 0 Å². The first kappa shape index (κ1) is 26.7. The van der Waals surface area contributed by atoms with E-state index in [1.54, 1.807) is 6.07 Å². The number of esters is 1. The van der Waals surface area contributed by atoms with Crippen LogP contribution in [-0.4, -0.2) is 27.0 Å². The molecule has 0 saturated heterocycles. The second-order valence-electron chi connectivity index (χ2n) is 9.82. The van der Waals surface area contributed by atoms with Gasteiger partial charge in [-0.25, -0.2) is 4.57 Å². The lowest BCUT2D eigenvalue weighted by molar-refractivity contribution is -0.145. The van der Waals surface area contributed by atoms with Crippen LogP contribution in [0.4, 0.5) is 0 Å². The Balaban J connectivity index is 1.88. The average Bonchev–Trinajstić information content (AvgIpc) is 2.69. The van der Waals surface area contributed by atoms with Crippen LogP contribution in [-0.2, 0) is 20.3 Å². The fourth-order valence-corrected chi connectivity index (χ4v) is 5.51. The molecular formula is C26H37O7P. The van der Waals surface area contributed by atoms with Gasteiger partial charge in [0, 0.05) is 11.5 Å². The summed E-state index contributed by atoms with van der Waals surface area (Å²) in [5.41, 5.74) is 3.76. The largest absolute Gasteiger partial charge is 0.507 e. The van der Waals surface area contributed by atoms with E-state index in [1.165, 1.54) is 5.57 Å². The minimum absolute atomic E-state index is 0.121. The highest BCUT2D eigenvalue weighted by atomic mass is 31.2. The van der Waals surface area contributed by atoms with Crippen LogP contribution in [0.15, 0.2) is 35.9 Å². The van der Waals surface area contributed by atoms with E-state index >= 15 is 0 Å². The van der Waals surface area contributed by atoms with Gasteiger partial charge in [-0.2, -0.15) is 0 Å². The molecule has 0 bridgehead atoms. The molecule has 2 atom stereocenters. The zero-order chi connectivity index (χ0) is 25.0. The number of carbonyl (C=O) groups is 1. The van der Waals surface area contributed by atoms with E-state index in [0.717, 1.165) is 49.7 Å². The topological polar surface area (TPSA) is 113 Å². The monoisotopic (exact) mass is 492 g/mol. The molecule has 0 unspecified atom stereocenters. The van der Waals surface area contributed by atoms with Crippen LogP contribution in [0, 0.1) is 11.8 Å². The smallest absolute Gasteiger partial charge is 0.469 e. The number of phosphoric ester groups is 1. The number of ether oxygens (including phenoxy) is 1.